The molecule has 1 aromatic carbocycles. The van der Waals surface area contributed by atoms with Gasteiger partial charge >= 0.3 is 0 Å². The van der Waals surface area contributed by atoms with Crippen LogP contribution in [0.5, 0.6) is 0 Å². The molecule has 0 aliphatic rings. The Morgan fingerprint density at radius 1 is 1.18 bits per heavy atom. The average Bonchev–Trinajstić information content (AvgIpc) is 2.35. The van der Waals surface area contributed by atoms with E-state index in [0.29, 0.717) is 5.69 Å². The molecule has 0 atom stereocenters. The predicted molar refractivity (Wildman–Crippen MR) is 71.9 cm³/mol. The third-order valence-corrected chi connectivity index (χ3v) is 2.89. The van der Waals surface area contributed by atoms with Crippen LogP contribution in [0.25, 0.3) is 0 Å². The molecule has 0 unspecified atom stereocenters. The number of halogens is 1. The van der Waals surface area contributed by atoms with Crippen molar-refractivity contribution in [2.45, 2.75) is 26.7 Å². The maximum absolute atomic E-state index is 13.3. The Hall–Kier alpha value is -1.09. The second-order valence-electron chi connectivity index (χ2n) is 4.19. The molecule has 1 rings (SSSR count). The van der Waals surface area contributed by atoms with Gasteiger partial charge in [0.1, 0.15) is 5.82 Å². The van der Waals surface area contributed by atoms with Gasteiger partial charge in [-0.3, -0.25) is 0 Å². The smallest absolute Gasteiger partial charge is 0.146 e. The first kappa shape index (κ1) is 14.0. The van der Waals surface area contributed by atoms with Crippen molar-refractivity contribution >= 4 is 5.69 Å². The SMILES string of the molecule is CCCCN(CC)CCNc1ccccc1F. The molecule has 1 aromatic rings. The van der Waals surface area contributed by atoms with Crippen LogP contribution in [-0.2, 0) is 0 Å². The van der Waals surface area contributed by atoms with Gasteiger partial charge in [-0.15, -0.1) is 0 Å². The molecule has 0 amide bonds. The molecular weight excluding hydrogens is 215 g/mol. The molecule has 0 heterocycles. The van der Waals surface area contributed by atoms with Gasteiger partial charge in [0.2, 0.25) is 0 Å². The molecule has 17 heavy (non-hydrogen) atoms. The summed E-state index contributed by atoms with van der Waals surface area (Å²) in [6.45, 7) is 8.30. The van der Waals surface area contributed by atoms with Crippen LogP contribution in [-0.4, -0.2) is 31.1 Å². The van der Waals surface area contributed by atoms with E-state index in [1.54, 1.807) is 12.1 Å². The van der Waals surface area contributed by atoms with Gasteiger partial charge < -0.3 is 10.2 Å². The molecule has 0 aromatic heterocycles. The predicted octanol–water partition coefficient (Wildman–Crippen LogP) is 3.36. The van der Waals surface area contributed by atoms with E-state index in [4.69, 9.17) is 0 Å². The Kier molecular flexibility index (Phi) is 6.63. The zero-order valence-electron chi connectivity index (χ0n) is 10.9. The van der Waals surface area contributed by atoms with Crippen LogP contribution in [0.4, 0.5) is 10.1 Å². The first-order valence-electron chi connectivity index (χ1n) is 6.48. The quantitative estimate of drug-likeness (QED) is 0.747. The van der Waals surface area contributed by atoms with Crippen LogP contribution in [0, 0.1) is 5.82 Å². The summed E-state index contributed by atoms with van der Waals surface area (Å²) in [5.74, 6) is -0.177. The summed E-state index contributed by atoms with van der Waals surface area (Å²) in [5, 5.41) is 3.14. The lowest BCUT2D eigenvalue weighted by atomic mass is 10.3. The van der Waals surface area contributed by atoms with Crippen molar-refractivity contribution in [3.8, 4) is 0 Å². The highest BCUT2D eigenvalue weighted by Crippen LogP contribution is 2.11. The lowest BCUT2D eigenvalue weighted by molar-refractivity contribution is 0.294. The van der Waals surface area contributed by atoms with Crippen LogP contribution >= 0.6 is 0 Å². The molecule has 0 aliphatic heterocycles. The van der Waals surface area contributed by atoms with E-state index in [-0.39, 0.29) is 5.82 Å². The lowest BCUT2D eigenvalue weighted by Crippen LogP contribution is -2.30. The Balaban J connectivity index is 2.28. The summed E-state index contributed by atoms with van der Waals surface area (Å²) in [5.41, 5.74) is 0.596. The second kappa shape index (κ2) is 8.07. The molecule has 0 aliphatic carbocycles. The highest BCUT2D eigenvalue weighted by atomic mass is 19.1. The maximum atomic E-state index is 13.3. The zero-order chi connectivity index (χ0) is 12.5. The fraction of sp³-hybridized carbons (Fsp3) is 0.571. The van der Waals surface area contributed by atoms with E-state index in [0.717, 1.165) is 26.2 Å². The van der Waals surface area contributed by atoms with Gasteiger partial charge in [0.05, 0.1) is 5.69 Å². The van der Waals surface area contributed by atoms with Crippen LogP contribution in [0.3, 0.4) is 0 Å². The van der Waals surface area contributed by atoms with Crippen LogP contribution in [0.2, 0.25) is 0 Å². The van der Waals surface area contributed by atoms with Gasteiger partial charge in [-0.25, -0.2) is 4.39 Å². The summed E-state index contributed by atoms with van der Waals surface area (Å²) < 4.78 is 13.3. The molecule has 96 valence electrons. The maximum Gasteiger partial charge on any atom is 0.146 e. The zero-order valence-corrected chi connectivity index (χ0v) is 10.9. The molecule has 0 saturated carbocycles. The van der Waals surface area contributed by atoms with Crippen molar-refractivity contribution in [2.24, 2.45) is 0 Å². The largest absolute Gasteiger partial charge is 0.381 e. The Morgan fingerprint density at radius 2 is 1.94 bits per heavy atom. The molecule has 0 bridgehead atoms. The van der Waals surface area contributed by atoms with Gasteiger partial charge in [-0.1, -0.05) is 32.4 Å². The van der Waals surface area contributed by atoms with E-state index in [1.165, 1.54) is 18.9 Å². The highest BCUT2D eigenvalue weighted by molar-refractivity contribution is 5.44. The molecule has 0 saturated heterocycles. The molecule has 0 fully saturated rings. The van der Waals surface area contributed by atoms with Crippen LogP contribution < -0.4 is 5.32 Å². The van der Waals surface area contributed by atoms with Gasteiger partial charge in [-0.05, 0) is 31.6 Å². The Morgan fingerprint density at radius 3 is 2.59 bits per heavy atom. The van der Waals surface area contributed by atoms with Crippen molar-refractivity contribution in [3.05, 3.63) is 30.1 Å². The number of nitrogens with one attached hydrogen (secondary N) is 1. The number of benzene rings is 1. The summed E-state index contributed by atoms with van der Waals surface area (Å²) in [6, 6.07) is 6.81. The van der Waals surface area contributed by atoms with E-state index in [9.17, 15) is 4.39 Å². The third kappa shape index (κ3) is 5.18. The molecule has 2 nitrogen and oxygen atoms in total. The summed E-state index contributed by atoms with van der Waals surface area (Å²) >= 11 is 0. The second-order valence-corrected chi connectivity index (χ2v) is 4.19. The van der Waals surface area contributed by atoms with Gasteiger partial charge in [0.25, 0.3) is 0 Å². The molecule has 1 N–H and O–H groups in total. The number of rotatable bonds is 8. The van der Waals surface area contributed by atoms with Crippen LogP contribution in [0.15, 0.2) is 24.3 Å². The minimum absolute atomic E-state index is 0.177. The van der Waals surface area contributed by atoms with Crippen LogP contribution in [0.1, 0.15) is 26.7 Å². The number of nitrogens with zero attached hydrogens (tertiary/aromatic N) is 1. The summed E-state index contributed by atoms with van der Waals surface area (Å²) in [4.78, 5) is 2.39. The number of para-hydroxylation sites is 1. The van der Waals surface area contributed by atoms with Crippen molar-refractivity contribution in [1.29, 1.82) is 0 Å². The lowest BCUT2D eigenvalue weighted by Gasteiger charge is -2.20. The summed E-state index contributed by atoms with van der Waals surface area (Å²) in [7, 11) is 0. The molecular formula is C14H23FN2. The van der Waals surface area contributed by atoms with E-state index in [1.807, 2.05) is 6.07 Å². The minimum atomic E-state index is -0.177. The van der Waals surface area contributed by atoms with Gasteiger partial charge in [0.15, 0.2) is 0 Å². The highest BCUT2D eigenvalue weighted by Gasteiger charge is 2.02. The first-order chi connectivity index (χ1) is 8.27. The average molecular weight is 238 g/mol. The van der Waals surface area contributed by atoms with Crippen molar-refractivity contribution < 1.29 is 4.39 Å². The van der Waals surface area contributed by atoms with Crippen molar-refractivity contribution in [2.75, 3.05) is 31.5 Å². The first-order valence-corrected chi connectivity index (χ1v) is 6.48. The fourth-order valence-corrected chi connectivity index (χ4v) is 1.76. The number of hydrogen-bond acceptors (Lipinski definition) is 2. The van der Waals surface area contributed by atoms with E-state index >= 15 is 0 Å². The number of unbranched alkanes of at least 4 members (excludes halogenated alkanes) is 1. The van der Waals surface area contributed by atoms with E-state index < -0.39 is 0 Å². The van der Waals surface area contributed by atoms with Gasteiger partial charge in [0, 0.05) is 13.1 Å². The monoisotopic (exact) mass is 238 g/mol. The normalized spacial score (nSPS) is 10.8. The Bertz CT molecular complexity index is 315. The molecule has 3 heteroatoms. The number of anilines is 1. The summed E-state index contributed by atoms with van der Waals surface area (Å²) in [6.07, 6.45) is 2.45. The third-order valence-electron chi connectivity index (χ3n) is 2.89. The molecule has 0 spiro atoms. The topological polar surface area (TPSA) is 15.3 Å². The Labute approximate surface area is 104 Å². The minimum Gasteiger partial charge on any atom is -0.381 e. The number of likely N-dealkylation sites (N-methyl/N-ethyl adjacent to an activating group) is 1. The standard InChI is InChI=1S/C14H23FN2/c1-3-5-11-17(4-2)12-10-16-14-9-7-6-8-13(14)15/h6-9,16H,3-5,10-12H2,1-2H3. The fourth-order valence-electron chi connectivity index (χ4n) is 1.76. The number of hydrogen-bond donors (Lipinski definition) is 1. The van der Waals surface area contributed by atoms with Gasteiger partial charge in [-0.2, -0.15) is 0 Å². The molecule has 0 radical (unpaired) electrons. The van der Waals surface area contributed by atoms with E-state index in [2.05, 4.69) is 24.1 Å². The van der Waals surface area contributed by atoms with Crippen molar-refractivity contribution in [1.82, 2.24) is 4.90 Å². The van der Waals surface area contributed by atoms with Crippen molar-refractivity contribution in [3.63, 3.8) is 0 Å².